The summed E-state index contributed by atoms with van der Waals surface area (Å²) in [6, 6.07) is 9.91. The lowest BCUT2D eigenvalue weighted by Crippen LogP contribution is -1.95. The van der Waals surface area contributed by atoms with Crippen LogP contribution in [0, 0.1) is 0 Å². The first kappa shape index (κ1) is 10.9. The van der Waals surface area contributed by atoms with Gasteiger partial charge in [-0.3, -0.25) is 0 Å². The van der Waals surface area contributed by atoms with Gasteiger partial charge in [-0.15, -0.1) is 10.2 Å². The first-order valence-corrected chi connectivity index (χ1v) is 5.46. The van der Waals surface area contributed by atoms with Crippen molar-refractivity contribution in [3.63, 3.8) is 0 Å². The standard InChI is InChI=1S/C12H12ClN3/c1-2-8-3-5-9(6-4-8)10-7-11(14)15-16-12(10)13/h3-7H,2H2,1H3,(H2,14,15). The van der Waals surface area contributed by atoms with Gasteiger partial charge in [-0.05, 0) is 23.6 Å². The van der Waals surface area contributed by atoms with Crippen LogP contribution in [-0.2, 0) is 6.42 Å². The lowest BCUT2D eigenvalue weighted by Gasteiger charge is -2.05. The van der Waals surface area contributed by atoms with E-state index in [4.69, 9.17) is 17.3 Å². The average molecular weight is 234 g/mol. The van der Waals surface area contributed by atoms with Crippen LogP contribution in [-0.4, -0.2) is 10.2 Å². The molecular formula is C12H12ClN3. The van der Waals surface area contributed by atoms with Crippen molar-refractivity contribution in [2.24, 2.45) is 0 Å². The van der Waals surface area contributed by atoms with E-state index in [1.807, 2.05) is 12.1 Å². The van der Waals surface area contributed by atoms with E-state index in [0.717, 1.165) is 17.5 Å². The Balaban J connectivity index is 2.45. The molecule has 0 unspecified atom stereocenters. The normalized spacial score (nSPS) is 10.4. The molecule has 1 aromatic carbocycles. The van der Waals surface area contributed by atoms with E-state index in [1.165, 1.54) is 5.56 Å². The number of hydrogen-bond acceptors (Lipinski definition) is 3. The Morgan fingerprint density at radius 1 is 1.19 bits per heavy atom. The molecule has 0 atom stereocenters. The monoisotopic (exact) mass is 233 g/mol. The van der Waals surface area contributed by atoms with Gasteiger partial charge in [0.1, 0.15) is 5.82 Å². The van der Waals surface area contributed by atoms with Crippen molar-refractivity contribution >= 4 is 17.4 Å². The van der Waals surface area contributed by atoms with Crippen LogP contribution < -0.4 is 5.73 Å². The molecule has 3 nitrogen and oxygen atoms in total. The first-order chi connectivity index (χ1) is 7.70. The second-order valence-corrected chi connectivity index (χ2v) is 3.88. The highest BCUT2D eigenvalue weighted by Crippen LogP contribution is 2.26. The molecular weight excluding hydrogens is 222 g/mol. The van der Waals surface area contributed by atoms with Gasteiger partial charge in [-0.2, -0.15) is 0 Å². The summed E-state index contributed by atoms with van der Waals surface area (Å²) in [5.74, 6) is 0.374. The van der Waals surface area contributed by atoms with Crippen molar-refractivity contribution in [1.82, 2.24) is 10.2 Å². The number of nitrogens with two attached hydrogens (primary N) is 1. The van der Waals surface area contributed by atoms with E-state index in [-0.39, 0.29) is 0 Å². The summed E-state index contributed by atoms with van der Waals surface area (Å²) in [4.78, 5) is 0. The van der Waals surface area contributed by atoms with Crippen molar-refractivity contribution in [3.05, 3.63) is 41.0 Å². The molecule has 4 heteroatoms. The van der Waals surface area contributed by atoms with Gasteiger partial charge in [0.25, 0.3) is 0 Å². The van der Waals surface area contributed by atoms with E-state index in [9.17, 15) is 0 Å². The molecule has 82 valence electrons. The van der Waals surface area contributed by atoms with Crippen LogP contribution in [0.15, 0.2) is 30.3 Å². The molecule has 0 radical (unpaired) electrons. The number of rotatable bonds is 2. The minimum Gasteiger partial charge on any atom is -0.382 e. The van der Waals surface area contributed by atoms with Crippen LogP contribution >= 0.6 is 11.6 Å². The van der Waals surface area contributed by atoms with E-state index in [2.05, 4.69) is 29.3 Å². The molecule has 1 aromatic heterocycles. The summed E-state index contributed by atoms with van der Waals surface area (Å²) in [7, 11) is 0. The van der Waals surface area contributed by atoms with Crippen molar-refractivity contribution < 1.29 is 0 Å². The summed E-state index contributed by atoms with van der Waals surface area (Å²) in [5.41, 5.74) is 8.70. The fraction of sp³-hybridized carbons (Fsp3) is 0.167. The van der Waals surface area contributed by atoms with Gasteiger partial charge in [-0.1, -0.05) is 42.8 Å². The zero-order valence-electron chi connectivity index (χ0n) is 8.94. The Labute approximate surface area is 99.3 Å². The number of halogens is 1. The summed E-state index contributed by atoms with van der Waals surface area (Å²) >= 11 is 5.98. The smallest absolute Gasteiger partial charge is 0.159 e. The van der Waals surface area contributed by atoms with Crippen LogP contribution in [0.25, 0.3) is 11.1 Å². The molecule has 0 amide bonds. The predicted octanol–water partition coefficient (Wildman–Crippen LogP) is 2.94. The maximum absolute atomic E-state index is 5.98. The van der Waals surface area contributed by atoms with Crippen LogP contribution in [0.3, 0.4) is 0 Å². The van der Waals surface area contributed by atoms with Crippen molar-refractivity contribution in [2.45, 2.75) is 13.3 Å². The molecule has 16 heavy (non-hydrogen) atoms. The molecule has 0 aliphatic heterocycles. The molecule has 0 aliphatic carbocycles. The molecule has 0 saturated carbocycles. The van der Waals surface area contributed by atoms with Crippen LogP contribution in [0.5, 0.6) is 0 Å². The molecule has 0 saturated heterocycles. The summed E-state index contributed by atoms with van der Waals surface area (Å²) in [6.07, 6.45) is 1.02. The molecule has 1 heterocycles. The Kier molecular flexibility index (Phi) is 3.06. The zero-order valence-corrected chi connectivity index (χ0v) is 9.70. The lowest BCUT2D eigenvalue weighted by atomic mass is 10.1. The van der Waals surface area contributed by atoms with Crippen molar-refractivity contribution in [1.29, 1.82) is 0 Å². The van der Waals surface area contributed by atoms with Crippen LogP contribution in [0.2, 0.25) is 5.15 Å². The van der Waals surface area contributed by atoms with Crippen molar-refractivity contribution in [3.8, 4) is 11.1 Å². The molecule has 0 bridgehead atoms. The van der Waals surface area contributed by atoms with Crippen LogP contribution in [0.4, 0.5) is 5.82 Å². The Morgan fingerprint density at radius 3 is 2.50 bits per heavy atom. The Bertz CT molecular complexity index is 494. The maximum atomic E-state index is 5.98. The third kappa shape index (κ3) is 2.14. The van der Waals surface area contributed by atoms with Gasteiger partial charge >= 0.3 is 0 Å². The lowest BCUT2D eigenvalue weighted by molar-refractivity contribution is 1.04. The van der Waals surface area contributed by atoms with Gasteiger partial charge < -0.3 is 5.73 Å². The third-order valence-electron chi connectivity index (χ3n) is 2.44. The molecule has 0 spiro atoms. The van der Waals surface area contributed by atoms with Crippen LogP contribution in [0.1, 0.15) is 12.5 Å². The van der Waals surface area contributed by atoms with E-state index in [1.54, 1.807) is 6.07 Å². The fourth-order valence-electron chi connectivity index (χ4n) is 1.51. The summed E-state index contributed by atoms with van der Waals surface area (Å²) in [6.45, 7) is 2.12. The molecule has 0 fully saturated rings. The average Bonchev–Trinajstić information content (AvgIpc) is 2.32. The van der Waals surface area contributed by atoms with Gasteiger partial charge in [-0.25, -0.2) is 0 Å². The van der Waals surface area contributed by atoms with E-state index < -0.39 is 0 Å². The van der Waals surface area contributed by atoms with Gasteiger partial charge in [0.15, 0.2) is 5.15 Å². The van der Waals surface area contributed by atoms with E-state index >= 15 is 0 Å². The third-order valence-corrected chi connectivity index (χ3v) is 2.72. The number of nitrogens with zero attached hydrogens (tertiary/aromatic N) is 2. The number of aromatic nitrogens is 2. The van der Waals surface area contributed by atoms with Gasteiger partial charge in [0.2, 0.25) is 0 Å². The van der Waals surface area contributed by atoms with Crippen molar-refractivity contribution in [2.75, 3.05) is 5.73 Å². The Hall–Kier alpha value is -1.61. The number of hydrogen-bond donors (Lipinski definition) is 1. The quantitative estimate of drug-likeness (QED) is 0.868. The fourth-order valence-corrected chi connectivity index (χ4v) is 1.72. The predicted molar refractivity (Wildman–Crippen MR) is 66.3 cm³/mol. The molecule has 2 rings (SSSR count). The maximum Gasteiger partial charge on any atom is 0.159 e. The van der Waals surface area contributed by atoms with Gasteiger partial charge in [0.05, 0.1) is 0 Å². The van der Waals surface area contributed by atoms with Gasteiger partial charge in [0, 0.05) is 5.56 Å². The largest absolute Gasteiger partial charge is 0.382 e. The summed E-state index contributed by atoms with van der Waals surface area (Å²) in [5, 5.41) is 7.86. The minimum absolute atomic E-state index is 0.374. The minimum atomic E-state index is 0.374. The highest BCUT2D eigenvalue weighted by molar-refractivity contribution is 6.32. The second-order valence-electron chi connectivity index (χ2n) is 3.52. The van der Waals surface area contributed by atoms with E-state index in [0.29, 0.717) is 11.0 Å². The molecule has 0 aliphatic rings. The zero-order chi connectivity index (χ0) is 11.5. The second kappa shape index (κ2) is 4.49. The summed E-state index contributed by atoms with van der Waals surface area (Å²) < 4.78 is 0. The molecule has 2 N–H and O–H groups in total. The highest BCUT2D eigenvalue weighted by Gasteiger charge is 2.06. The highest BCUT2D eigenvalue weighted by atomic mass is 35.5. The molecule has 2 aromatic rings. The number of anilines is 1. The first-order valence-electron chi connectivity index (χ1n) is 5.08. The topological polar surface area (TPSA) is 51.8 Å². The number of aryl methyl sites for hydroxylation is 1. The SMILES string of the molecule is CCc1ccc(-c2cc(N)nnc2Cl)cc1. The Morgan fingerprint density at radius 2 is 1.88 bits per heavy atom. The number of benzene rings is 1. The number of nitrogen functional groups attached to an aromatic ring is 1.